The fourth-order valence-corrected chi connectivity index (χ4v) is 4.72. The number of aliphatic hydroxyl groups is 2. The lowest BCUT2D eigenvalue weighted by molar-refractivity contribution is -0.149. The Bertz CT molecular complexity index is 494. The monoisotopic (exact) mass is 372 g/mol. The van der Waals surface area contributed by atoms with E-state index in [0.29, 0.717) is 12.8 Å². The second-order valence-electron chi connectivity index (χ2n) is 7.05. The zero-order valence-electron chi connectivity index (χ0n) is 14.5. The predicted octanol–water partition coefficient (Wildman–Crippen LogP) is 1.98. The van der Waals surface area contributed by atoms with Crippen molar-refractivity contribution in [2.75, 3.05) is 5.75 Å². The third kappa shape index (κ3) is 6.31. The van der Waals surface area contributed by atoms with Gasteiger partial charge in [-0.3, -0.25) is 9.59 Å². The molecule has 1 fully saturated rings. The molecule has 2 rings (SSSR count). The number of allylic oxidation sites excluding steroid dienone is 2. The lowest BCUT2D eigenvalue weighted by Gasteiger charge is -2.29. The van der Waals surface area contributed by atoms with Gasteiger partial charge >= 0.3 is 11.9 Å². The number of thioether (sulfide) groups is 1. The summed E-state index contributed by atoms with van der Waals surface area (Å²) in [7, 11) is 0. The van der Waals surface area contributed by atoms with Crippen molar-refractivity contribution in [2.24, 2.45) is 11.8 Å². The number of carboxylic acids is 1. The second-order valence-corrected chi connectivity index (χ2v) is 8.28. The average Bonchev–Trinajstić information content (AvgIpc) is 2.90. The molecule has 0 aromatic rings. The van der Waals surface area contributed by atoms with Crippen LogP contribution in [0.1, 0.15) is 45.4 Å². The maximum absolute atomic E-state index is 12.2. The van der Waals surface area contributed by atoms with Gasteiger partial charge in [0.05, 0.1) is 30.5 Å². The molecule has 0 spiro atoms. The van der Waals surface area contributed by atoms with E-state index in [2.05, 4.69) is 12.2 Å². The molecule has 0 amide bonds. The van der Waals surface area contributed by atoms with Crippen molar-refractivity contribution in [3.63, 3.8) is 0 Å². The first-order valence-electron chi connectivity index (χ1n) is 8.92. The molecule has 3 N–H and O–H groups in total. The third-order valence-electron chi connectivity index (χ3n) is 4.94. The molecule has 0 bridgehead atoms. The smallest absolute Gasteiger partial charge is 0.313 e. The molecule has 0 radical (unpaired) electrons. The van der Waals surface area contributed by atoms with Crippen molar-refractivity contribution in [3.8, 4) is 0 Å². The molecule has 2 aliphatic rings. The van der Waals surface area contributed by atoms with Crippen LogP contribution >= 0.6 is 11.8 Å². The van der Waals surface area contributed by atoms with Crippen LogP contribution in [0.15, 0.2) is 12.2 Å². The van der Waals surface area contributed by atoms with E-state index in [-0.39, 0.29) is 30.1 Å². The van der Waals surface area contributed by atoms with Gasteiger partial charge in [-0.1, -0.05) is 12.2 Å². The number of carbonyl (C=O) groups excluding carboxylic acids is 1. The quantitative estimate of drug-likeness (QED) is 0.514. The summed E-state index contributed by atoms with van der Waals surface area (Å²) in [5, 5.41) is 29.2. The molecule has 25 heavy (non-hydrogen) atoms. The van der Waals surface area contributed by atoms with E-state index < -0.39 is 29.4 Å². The van der Waals surface area contributed by atoms with Crippen LogP contribution in [0, 0.1) is 11.8 Å². The lowest BCUT2D eigenvalue weighted by atomic mass is 9.87. The van der Waals surface area contributed by atoms with E-state index >= 15 is 0 Å². The number of hydrogen-bond acceptors (Lipinski definition) is 6. The molecular formula is C18H28O6S. The molecule has 1 heterocycles. The molecule has 1 aliphatic heterocycles. The van der Waals surface area contributed by atoms with Crippen LogP contribution in [0.4, 0.5) is 0 Å². The number of carboxylic acid groups (broad SMARTS) is 1. The maximum atomic E-state index is 12.2. The summed E-state index contributed by atoms with van der Waals surface area (Å²) in [5.41, 5.74) is 0. The first-order valence-corrected chi connectivity index (χ1v) is 9.97. The number of esters is 1. The molecule has 1 saturated carbocycles. The number of aliphatic carboxylic acids is 1. The summed E-state index contributed by atoms with van der Waals surface area (Å²) in [6.07, 6.45) is 6.20. The van der Waals surface area contributed by atoms with Gasteiger partial charge in [-0.2, -0.15) is 0 Å². The third-order valence-corrected chi connectivity index (χ3v) is 6.23. The highest BCUT2D eigenvalue weighted by molar-refractivity contribution is 8.00. The van der Waals surface area contributed by atoms with E-state index in [1.165, 1.54) is 0 Å². The Morgan fingerprint density at radius 1 is 1.36 bits per heavy atom. The zero-order chi connectivity index (χ0) is 18.4. The van der Waals surface area contributed by atoms with Gasteiger partial charge in [-0.05, 0) is 50.9 Å². The summed E-state index contributed by atoms with van der Waals surface area (Å²) in [5.74, 6) is -1.70. The van der Waals surface area contributed by atoms with Gasteiger partial charge in [0.2, 0.25) is 0 Å². The van der Waals surface area contributed by atoms with Crippen molar-refractivity contribution in [1.29, 1.82) is 0 Å². The first kappa shape index (κ1) is 20.3. The summed E-state index contributed by atoms with van der Waals surface area (Å²) in [6.45, 7) is 1.85. The predicted molar refractivity (Wildman–Crippen MR) is 95.3 cm³/mol. The number of rotatable bonds is 3. The van der Waals surface area contributed by atoms with Crippen molar-refractivity contribution < 1.29 is 29.6 Å². The average molecular weight is 372 g/mol. The van der Waals surface area contributed by atoms with Gasteiger partial charge in [0.25, 0.3) is 0 Å². The molecule has 0 aromatic carbocycles. The highest BCUT2D eigenvalue weighted by Gasteiger charge is 2.40. The van der Waals surface area contributed by atoms with Gasteiger partial charge in [-0.25, -0.2) is 0 Å². The number of carbonyl (C=O) groups is 2. The van der Waals surface area contributed by atoms with E-state index in [4.69, 9.17) is 9.84 Å². The normalized spacial score (nSPS) is 38.6. The molecule has 0 aromatic heterocycles. The van der Waals surface area contributed by atoms with Gasteiger partial charge in [0, 0.05) is 5.25 Å². The Balaban J connectivity index is 2.18. The number of ether oxygens (including phenoxy) is 1. The number of hydrogen-bond donors (Lipinski definition) is 3. The first-order chi connectivity index (χ1) is 11.9. The Morgan fingerprint density at radius 3 is 2.84 bits per heavy atom. The molecule has 0 unspecified atom stereocenters. The largest absolute Gasteiger partial charge is 0.481 e. The van der Waals surface area contributed by atoms with Crippen LogP contribution in [-0.4, -0.2) is 56.6 Å². The molecule has 0 saturated heterocycles. The van der Waals surface area contributed by atoms with E-state index in [0.717, 1.165) is 31.0 Å². The zero-order valence-corrected chi connectivity index (χ0v) is 15.4. The Hall–Kier alpha value is -1.05. The Labute approximate surface area is 152 Å². The number of cyclic esters (lactones) is 1. The number of aliphatic hydroxyl groups excluding tert-OH is 2. The van der Waals surface area contributed by atoms with E-state index in [1.54, 1.807) is 0 Å². The fourth-order valence-electron chi connectivity index (χ4n) is 3.71. The SMILES string of the molecule is C[C@H]1CCC/C=C/[C@@H]2C[C@H](O)C[C@H]2[C@@H](O)[C@H](SCC(=O)O)CC(=O)O1. The van der Waals surface area contributed by atoms with Crippen LogP contribution in [0.2, 0.25) is 0 Å². The number of fused-ring (bicyclic) bond motifs is 1. The topological polar surface area (TPSA) is 104 Å². The molecule has 6 nitrogen and oxygen atoms in total. The van der Waals surface area contributed by atoms with Crippen molar-refractivity contribution >= 4 is 23.7 Å². The van der Waals surface area contributed by atoms with Gasteiger partial charge < -0.3 is 20.1 Å². The molecular weight excluding hydrogens is 344 g/mol. The highest BCUT2D eigenvalue weighted by Crippen LogP contribution is 2.39. The van der Waals surface area contributed by atoms with Crippen LogP contribution < -0.4 is 0 Å². The van der Waals surface area contributed by atoms with Crippen LogP contribution in [0.25, 0.3) is 0 Å². The van der Waals surface area contributed by atoms with E-state index in [1.807, 2.05) is 6.92 Å². The fraction of sp³-hybridized carbons (Fsp3) is 0.778. The summed E-state index contributed by atoms with van der Waals surface area (Å²) < 4.78 is 5.40. The molecule has 6 atom stereocenters. The highest BCUT2D eigenvalue weighted by atomic mass is 32.2. The Morgan fingerprint density at radius 2 is 2.12 bits per heavy atom. The standard InChI is InChI=1S/C18H28O6S/c1-11-5-3-2-4-6-12-7-13(19)8-14(12)18(23)15(9-17(22)24-11)25-10-16(20)21/h4,6,11-15,18-19,23H,2-3,5,7-10H2,1H3,(H,20,21)/b6-4+/t11-,12+,13-,14+,15+,18+/m0/s1. The van der Waals surface area contributed by atoms with E-state index in [9.17, 15) is 19.8 Å². The van der Waals surface area contributed by atoms with Crippen LogP contribution in [0.5, 0.6) is 0 Å². The lowest BCUT2D eigenvalue weighted by Crippen LogP contribution is -2.36. The van der Waals surface area contributed by atoms with Gasteiger partial charge in [0.1, 0.15) is 0 Å². The van der Waals surface area contributed by atoms with Crippen LogP contribution in [-0.2, 0) is 14.3 Å². The second kappa shape index (κ2) is 9.59. The maximum Gasteiger partial charge on any atom is 0.313 e. The Kier molecular flexibility index (Phi) is 7.78. The summed E-state index contributed by atoms with van der Waals surface area (Å²) in [6, 6.07) is 0. The molecule has 7 heteroatoms. The van der Waals surface area contributed by atoms with Crippen LogP contribution in [0.3, 0.4) is 0 Å². The van der Waals surface area contributed by atoms with Crippen molar-refractivity contribution in [3.05, 3.63) is 12.2 Å². The van der Waals surface area contributed by atoms with Gasteiger partial charge in [-0.15, -0.1) is 11.8 Å². The van der Waals surface area contributed by atoms with Crippen molar-refractivity contribution in [1.82, 2.24) is 0 Å². The molecule has 142 valence electrons. The minimum Gasteiger partial charge on any atom is -0.481 e. The summed E-state index contributed by atoms with van der Waals surface area (Å²) >= 11 is 1.07. The van der Waals surface area contributed by atoms with Crippen molar-refractivity contribution in [2.45, 2.75) is 69.0 Å². The minimum absolute atomic E-state index is 0.0213. The van der Waals surface area contributed by atoms with Gasteiger partial charge in [0.15, 0.2) is 0 Å². The molecule has 1 aliphatic carbocycles. The minimum atomic E-state index is -0.982. The summed E-state index contributed by atoms with van der Waals surface area (Å²) in [4.78, 5) is 23.1.